The van der Waals surface area contributed by atoms with E-state index in [1.807, 2.05) is 66.2 Å². The summed E-state index contributed by atoms with van der Waals surface area (Å²) in [5.74, 6) is -0.274. The summed E-state index contributed by atoms with van der Waals surface area (Å²) in [5, 5.41) is 14.7. The standard InChI is InChI=1S/C25H21N3/c1-19(17-26)25-23(21-13-7-3-8-14-21)24(22-15-9-4-10-16-22)27-28(25)18-20-11-5-2-6-12-20/h2-16,19H,18H2,1H3. The lowest BCUT2D eigenvalue weighted by Crippen LogP contribution is -2.08. The number of hydrogen-bond acceptors (Lipinski definition) is 2. The maximum Gasteiger partial charge on any atom is 0.100 e. The molecule has 1 atom stereocenters. The molecule has 1 heterocycles. The first kappa shape index (κ1) is 17.8. The zero-order valence-corrected chi connectivity index (χ0v) is 15.8. The van der Waals surface area contributed by atoms with Crippen molar-refractivity contribution in [2.24, 2.45) is 0 Å². The summed E-state index contributed by atoms with van der Waals surface area (Å²) in [6.45, 7) is 2.58. The van der Waals surface area contributed by atoms with Crippen LogP contribution in [-0.2, 0) is 6.54 Å². The number of aromatic nitrogens is 2. The van der Waals surface area contributed by atoms with E-state index in [-0.39, 0.29) is 5.92 Å². The van der Waals surface area contributed by atoms with Crippen molar-refractivity contribution in [1.29, 1.82) is 5.26 Å². The van der Waals surface area contributed by atoms with Crippen LogP contribution in [0.3, 0.4) is 0 Å². The minimum Gasteiger partial charge on any atom is -0.263 e. The molecule has 0 radical (unpaired) electrons. The molecule has 28 heavy (non-hydrogen) atoms. The highest BCUT2D eigenvalue weighted by Crippen LogP contribution is 2.38. The Labute approximate surface area is 165 Å². The predicted molar refractivity (Wildman–Crippen MR) is 113 cm³/mol. The first-order valence-corrected chi connectivity index (χ1v) is 9.43. The molecule has 0 aliphatic rings. The molecule has 0 amide bonds. The first-order valence-electron chi connectivity index (χ1n) is 9.43. The Kier molecular flexibility index (Phi) is 5.03. The van der Waals surface area contributed by atoms with Crippen LogP contribution in [0.4, 0.5) is 0 Å². The van der Waals surface area contributed by atoms with Gasteiger partial charge < -0.3 is 0 Å². The van der Waals surface area contributed by atoms with Crippen LogP contribution in [-0.4, -0.2) is 9.78 Å². The van der Waals surface area contributed by atoms with E-state index >= 15 is 0 Å². The Balaban J connectivity index is 1.97. The molecular weight excluding hydrogens is 342 g/mol. The van der Waals surface area contributed by atoms with Gasteiger partial charge in [-0.15, -0.1) is 0 Å². The molecule has 4 rings (SSSR count). The second kappa shape index (κ2) is 7.94. The normalized spacial score (nSPS) is 11.7. The van der Waals surface area contributed by atoms with Crippen molar-refractivity contribution in [1.82, 2.24) is 9.78 Å². The van der Waals surface area contributed by atoms with Crippen molar-refractivity contribution >= 4 is 0 Å². The Bertz CT molecular complexity index is 1090. The zero-order chi connectivity index (χ0) is 19.3. The minimum absolute atomic E-state index is 0.274. The molecule has 0 aliphatic carbocycles. The monoisotopic (exact) mass is 363 g/mol. The second-order valence-corrected chi connectivity index (χ2v) is 6.83. The molecule has 1 unspecified atom stereocenters. The molecule has 0 saturated carbocycles. The number of benzene rings is 3. The van der Waals surface area contributed by atoms with Crippen LogP contribution in [0.5, 0.6) is 0 Å². The van der Waals surface area contributed by atoms with E-state index in [0.717, 1.165) is 33.6 Å². The van der Waals surface area contributed by atoms with E-state index in [4.69, 9.17) is 5.10 Å². The number of hydrogen-bond donors (Lipinski definition) is 0. The van der Waals surface area contributed by atoms with Crippen molar-refractivity contribution in [3.05, 3.63) is 102 Å². The topological polar surface area (TPSA) is 41.6 Å². The van der Waals surface area contributed by atoms with E-state index in [9.17, 15) is 5.26 Å². The van der Waals surface area contributed by atoms with Gasteiger partial charge in [0.1, 0.15) is 5.69 Å². The largest absolute Gasteiger partial charge is 0.263 e. The van der Waals surface area contributed by atoms with Crippen molar-refractivity contribution in [3.63, 3.8) is 0 Å². The maximum atomic E-state index is 9.74. The molecule has 0 saturated heterocycles. The summed E-state index contributed by atoms with van der Waals surface area (Å²) in [6.07, 6.45) is 0. The summed E-state index contributed by atoms with van der Waals surface area (Å²) >= 11 is 0. The molecule has 0 N–H and O–H groups in total. The molecule has 3 aromatic carbocycles. The molecule has 3 heteroatoms. The van der Waals surface area contributed by atoms with E-state index in [2.05, 4.69) is 42.5 Å². The van der Waals surface area contributed by atoms with Gasteiger partial charge in [-0.25, -0.2) is 0 Å². The van der Waals surface area contributed by atoms with Gasteiger partial charge in [0.25, 0.3) is 0 Å². The number of rotatable bonds is 5. The molecule has 136 valence electrons. The van der Waals surface area contributed by atoms with Gasteiger partial charge in [-0.2, -0.15) is 10.4 Å². The minimum atomic E-state index is -0.274. The first-order chi connectivity index (χ1) is 13.8. The third kappa shape index (κ3) is 3.45. The smallest absolute Gasteiger partial charge is 0.100 e. The third-order valence-corrected chi connectivity index (χ3v) is 4.88. The molecule has 0 spiro atoms. The SMILES string of the molecule is CC(C#N)c1c(-c2ccccc2)c(-c2ccccc2)nn1Cc1ccccc1. The zero-order valence-electron chi connectivity index (χ0n) is 15.8. The average molecular weight is 363 g/mol. The van der Waals surface area contributed by atoms with Crippen LogP contribution >= 0.6 is 0 Å². The lowest BCUT2D eigenvalue weighted by atomic mass is 9.94. The quantitative estimate of drug-likeness (QED) is 0.443. The van der Waals surface area contributed by atoms with Crippen LogP contribution < -0.4 is 0 Å². The Morgan fingerprint density at radius 1 is 0.821 bits per heavy atom. The molecule has 0 bridgehead atoms. The van der Waals surface area contributed by atoms with Crippen molar-refractivity contribution in [2.75, 3.05) is 0 Å². The number of nitriles is 1. The van der Waals surface area contributed by atoms with E-state index in [1.165, 1.54) is 0 Å². The van der Waals surface area contributed by atoms with Crippen molar-refractivity contribution in [2.45, 2.75) is 19.4 Å². The molecule has 0 fully saturated rings. The molecule has 1 aromatic heterocycles. The fourth-order valence-corrected chi connectivity index (χ4v) is 3.54. The van der Waals surface area contributed by atoms with Crippen LogP contribution in [0.15, 0.2) is 91.0 Å². The molecule has 0 aliphatic heterocycles. The fourth-order valence-electron chi connectivity index (χ4n) is 3.54. The summed E-state index contributed by atoms with van der Waals surface area (Å²) in [5.41, 5.74) is 6.21. The van der Waals surface area contributed by atoms with E-state index in [0.29, 0.717) is 6.54 Å². The molecule has 3 nitrogen and oxygen atoms in total. The molecular formula is C25H21N3. The summed E-state index contributed by atoms with van der Waals surface area (Å²) in [4.78, 5) is 0. The lowest BCUT2D eigenvalue weighted by Gasteiger charge is -2.12. The summed E-state index contributed by atoms with van der Waals surface area (Å²) in [6, 6.07) is 33.1. The highest BCUT2D eigenvalue weighted by atomic mass is 15.3. The Morgan fingerprint density at radius 3 is 1.93 bits per heavy atom. The van der Waals surface area contributed by atoms with Gasteiger partial charge in [-0.1, -0.05) is 91.0 Å². The Hall–Kier alpha value is -3.64. The highest BCUT2D eigenvalue weighted by molar-refractivity contribution is 5.83. The van der Waals surface area contributed by atoms with Gasteiger partial charge in [0.05, 0.1) is 24.2 Å². The van der Waals surface area contributed by atoms with Crippen molar-refractivity contribution in [3.8, 4) is 28.5 Å². The van der Waals surface area contributed by atoms with Gasteiger partial charge in [0, 0.05) is 11.1 Å². The Morgan fingerprint density at radius 2 is 1.36 bits per heavy atom. The fraction of sp³-hybridized carbons (Fsp3) is 0.120. The van der Waals surface area contributed by atoms with Crippen LogP contribution in [0.1, 0.15) is 24.1 Å². The van der Waals surface area contributed by atoms with Gasteiger partial charge in [0.2, 0.25) is 0 Å². The summed E-state index contributed by atoms with van der Waals surface area (Å²) in [7, 11) is 0. The van der Waals surface area contributed by atoms with Gasteiger partial charge in [0.15, 0.2) is 0 Å². The highest BCUT2D eigenvalue weighted by Gasteiger charge is 2.24. The second-order valence-electron chi connectivity index (χ2n) is 6.83. The van der Waals surface area contributed by atoms with Gasteiger partial charge >= 0.3 is 0 Å². The van der Waals surface area contributed by atoms with Gasteiger partial charge in [-0.3, -0.25) is 4.68 Å². The van der Waals surface area contributed by atoms with Crippen LogP contribution in [0.25, 0.3) is 22.4 Å². The molecule has 4 aromatic rings. The summed E-state index contributed by atoms with van der Waals surface area (Å²) < 4.78 is 1.99. The van der Waals surface area contributed by atoms with Crippen molar-refractivity contribution < 1.29 is 0 Å². The number of nitrogens with zero attached hydrogens (tertiary/aromatic N) is 3. The maximum absolute atomic E-state index is 9.74. The van der Waals surface area contributed by atoms with Gasteiger partial charge in [-0.05, 0) is 18.1 Å². The van der Waals surface area contributed by atoms with Crippen LogP contribution in [0.2, 0.25) is 0 Å². The third-order valence-electron chi connectivity index (χ3n) is 4.88. The van der Waals surface area contributed by atoms with Crippen LogP contribution in [0, 0.1) is 11.3 Å². The lowest BCUT2D eigenvalue weighted by molar-refractivity contribution is 0.638. The predicted octanol–water partition coefficient (Wildman–Crippen LogP) is 5.89. The van der Waals surface area contributed by atoms with E-state index in [1.54, 1.807) is 0 Å². The van der Waals surface area contributed by atoms with E-state index < -0.39 is 0 Å². The average Bonchev–Trinajstić information content (AvgIpc) is 3.14.